The molecule has 126 valence electrons. The number of carbonyl (C=O) groups is 2. The minimum atomic E-state index is -0.271. The summed E-state index contributed by atoms with van der Waals surface area (Å²) in [6, 6.07) is -0.118. The van der Waals surface area contributed by atoms with E-state index in [9.17, 15) is 9.59 Å². The molecule has 2 fully saturated rings. The minimum absolute atomic E-state index is 0.0622. The number of rotatable bonds is 4. The van der Waals surface area contributed by atoms with Crippen molar-refractivity contribution in [3.63, 3.8) is 0 Å². The van der Waals surface area contributed by atoms with Gasteiger partial charge < -0.3 is 15.0 Å². The largest absolute Gasteiger partial charge is 0.368 e. The lowest BCUT2D eigenvalue weighted by molar-refractivity contribution is -0.143. The molecule has 0 radical (unpaired) electrons. The third-order valence-corrected chi connectivity index (χ3v) is 5.38. The fraction of sp³-hybridized carbons (Fsp3) is 0.688. The summed E-state index contributed by atoms with van der Waals surface area (Å²) in [7, 11) is 0. The Morgan fingerprint density at radius 1 is 1.43 bits per heavy atom. The molecule has 2 amide bonds. The van der Waals surface area contributed by atoms with E-state index < -0.39 is 0 Å². The summed E-state index contributed by atoms with van der Waals surface area (Å²) in [5.41, 5.74) is 0. The Hall–Kier alpha value is -1.47. The van der Waals surface area contributed by atoms with Crippen LogP contribution in [-0.4, -0.2) is 47.5 Å². The van der Waals surface area contributed by atoms with Gasteiger partial charge in [0.15, 0.2) is 0 Å². The summed E-state index contributed by atoms with van der Waals surface area (Å²) in [6.07, 6.45) is 5.20. The Labute approximate surface area is 140 Å². The summed E-state index contributed by atoms with van der Waals surface area (Å²) < 4.78 is 5.53. The molecule has 23 heavy (non-hydrogen) atoms. The molecular formula is C16H23N3O3S. The number of thiazole rings is 1. The van der Waals surface area contributed by atoms with E-state index in [2.05, 4.69) is 10.3 Å². The number of nitrogens with zero attached hydrogens (tertiary/aromatic N) is 2. The van der Waals surface area contributed by atoms with Crippen molar-refractivity contribution in [3.05, 3.63) is 16.6 Å². The van der Waals surface area contributed by atoms with Crippen LogP contribution < -0.4 is 5.32 Å². The van der Waals surface area contributed by atoms with Crippen molar-refractivity contribution >= 4 is 23.2 Å². The Morgan fingerprint density at radius 2 is 2.30 bits per heavy atom. The van der Waals surface area contributed by atoms with E-state index in [4.69, 9.17) is 4.74 Å². The van der Waals surface area contributed by atoms with Gasteiger partial charge in [-0.15, -0.1) is 11.3 Å². The van der Waals surface area contributed by atoms with Gasteiger partial charge in [0.25, 0.3) is 5.91 Å². The van der Waals surface area contributed by atoms with Crippen LogP contribution in [0.1, 0.15) is 43.7 Å². The Bertz CT molecular complexity index is 543. The van der Waals surface area contributed by atoms with Crippen molar-refractivity contribution in [1.82, 2.24) is 15.2 Å². The number of hydrogen-bond acceptors (Lipinski definition) is 5. The number of ether oxygens (including phenoxy) is 1. The monoisotopic (exact) mass is 337 g/mol. The molecule has 0 aliphatic carbocycles. The van der Waals surface area contributed by atoms with Gasteiger partial charge in [-0.2, -0.15) is 0 Å². The number of amides is 2. The number of hydrogen-bond donors (Lipinski definition) is 1. The van der Waals surface area contributed by atoms with Gasteiger partial charge in [0.05, 0.1) is 6.04 Å². The van der Waals surface area contributed by atoms with Gasteiger partial charge in [-0.1, -0.05) is 0 Å². The fourth-order valence-electron chi connectivity index (χ4n) is 3.45. The summed E-state index contributed by atoms with van der Waals surface area (Å²) in [4.78, 5) is 30.4. The molecule has 0 aromatic carbocycles. The highest BCUT2D eigenvalue weighted by atomic mass is 32.1. The van der Waals surface area contributed by atoms with Gasteiger partial charge >= 0.3 is 0 Å². The van der Waals surface area contributed by atoms with E-state index in [-0.39, 0.29) is 29.9 Å². The highest BCUT2D eigenvalue weighted by Gasteiger charge is 2.35. The summed E-state index contributed by atoms with van der Waals surface area (Å²) in [5.74, 6) is 0.241. The van der Waals surface area contributed by atoms with Crippen molar-refractivity contribution in [2.45, 2.75) is 44.8 Å². The molecule has 6 nitrogen and oxygen atoms in total. The van der Waals surface area contributed by atoms with Crippen LogP contribution in [0.25, 0.3) is 0 Å². The zero-order chi connectivity index (χ0) is 16.2. The zero-order valence-corrected chi connectivity index (χ0v) is 14.2. The Kier molecular flexibility index (Phi) is 5.27. The van der Waals surface area contributed by atoms with E-state index in [0.29, 0.717) is 13.2 Å². The number of aromatic nitrogens is 1. The first-order valence-corrected chi connectivity index (χ1v) is 9.10. The molecule has 3 atom stereocenters. The van der Waals surface area contributed by atoms with E-state index in [1.54, 1.807) is 17.5 Å². The second-order valence-electron chi connectivity index (χ2n) is 6.24. The van der Waals surface area contributed by atoms with Crippen LogP contribution in [0.2, 0.25) is 0 Å². The Balaban J connectivity index is 1.70. The maximum absolute atomic E-state index is 12.6. The van der Waals surface area contributed by atoms with Crippen molar-refractivity contribution in [2.24, 2.45) is 5.92 Å². The number of carbonyl (C=O) groups excluding carboxylic acids is 2. The van der Waals surface area contributed by atoms with E-state index in [0.717, 1.165) is 37.2 Å². The first kappa shape index (κ1) is 16.4. The maximum Gasteiger partial charge on any atom is 0.251 e. The van der Waals surface area contributed by atoms with Gasteiger partial charge in [-0.05, 0) is 25.7 Å². The van der Waals surface area contributed by atoms with Crippen molar-refractivity contribution in [2.75, 3.05) is 19.7 Å². The van der Waals surface area contributed by atoms with E-state index >= 15 is 0 Å². The average Bonchev–Trinajstić information content (AvgIpc) is 3.25. The van der Waals surface area contributed by atoms with Gasteiger partial charge in [0.2, 0.25) is 5.91 Å². The molecule has 2 aliphatic heterocycles. The quantitative estimate of drug-likeness (QED) is 0.908. The van der Waals surface area contributed by atoms with Crippen molar-refractivity contribution < 1.29 is 14.3 Å². The number of nitrogens with one attached hydrogen (secondary N) is 1. The predicted molar refractivity (Wildman–Crippen MR) is 86.9 cm³/mol. The summed E-state index contributed by atoms with van der Waals surface area (Å²) in [5, 5.41) is 5.85. The average molecular weight is 337 g/mol. The van der Waals surface area contributed by atoms with E-state index in [1.807, 2.05) is 10.3 Å². The van der Waals surface area contributed by atoms with Crippen LogP contribution in [0, 0.1) is 5.92 Å². The van der Waals surface area contributed by atoms with Gasteiger partial charge in [-0.3, -0.25) is 9.59 Å². The van der Waals surface area contributed by atoms with Crippen molar-refractivity contribution in [3.8, 4) is 0 Å². The lowest BCUT2D eigenvalue weighted by Gasteiger charge is -2.37. The second-order valence-corrected chi connectivity index (χ2v) is 7.16. The highest BCUT2D eigenvalue weighted by molar-refractivity contribution is 7.09. The molecule has 0 unspecified atom stereocenters. The third kappa shape index (κ3) is 3.90. The summed E-state index contributed by atoms with van der Waals surface area (Å²) >= 11 is 1.55. The molecular weight excluding hydrogens is 314 g/mol. The zero-order valence-electron chi connectivity index (χ0n) is 13.4. The lowest BCUT2D eigenvalue weighted by atomic mass is 9.90. The smallest absolute Gasteiger partial charge is 0.251 e. The number of likely N-dealkylation sites (tertiary alicyclic amines) is 1. The van der Waals surface area contributed by atoms with Crippen LogP contribution in [0.15, 0.2) is 11.6 Å². The minimum Gasteiger partial charge on any atom is -0.368 e. The molecule has 2 aliphatic rings. The van der Waals surface area contributed by atoms with Gasteiger partial charge in [0.1, 0.15) is 11.1 Å². The van der Waals surface area contributed by atoms with E-state index in [1.165, 1.54) is 6.92 Å². The third-order valence-electron chi connectivity index (χ3n) is 4.52. The molecule has 1 aromatic rings. The molecule has 0 saturated carbocycles. The molecule has 1 N–H and O–H groups in total. The van der Waals surface area contributed by atoms with Gasteiger partial charge in [-0.25, -0.2) is 4.98 Å². The SMILES string of the molecule is CC(=O)N[C@H](c1nccs1)[C@H]1CCCN(C(=O)[C@@H]2CCCO2)C1. The highest BCUT2D eigenvalue weighted by Crippen LogP contribution is 2.31. The first-order valence-electron chi connectivity index (χ1n) is 8.22. The van der Waals surface area contributed by atoms with Crippen LogP contribution in [0.5, 0.6) is 0 Å². The molecule has 3 rings (SSSR count). The van der Waals surface area contributed by atoms with Crippen LogP contribution >= 0.6 is 11.3 Å². The maximum atomic E-state index is 12.6. The van der Waals surface area contributed by atoms with Crippen molar-refractivity contribution in [1.29, 1.82) is 0 Å². The van der Waals surface area contributed by atoms with Crippen LogP contribution in [0.4, 0.5) is 0 Å². The topological polar surface area (TPSA) is 71.5 Å². The molecule has 0 spiro atoms. The molecule has 3 heterocycles. The standard InChI is InChI=1S/C16H23N3O3S/c1-11(20)18-14(15-17-6-9-23-15)12-4-2-7-19(10-12)16(21)13-5-3-8-22-13/h6,9,12-14H,2-5,7-8,10H2,1H3,(H,18,20)/t12-,13-,14-/m0/s1. The first-order chi connectivity index (χ1) is 11.1. The molecule has 0 bridgehead atoms. The normalized spacial score (nSPS) is 26.0. The second kappa shape index (κ2) is 7.40. The van der Waals surface area contributed by atoms with Crippen LogP contribution in [-0.2, 0) is 14.3 Å². The number of piperidine rings is 1. The van der Waals surface area contributed by atoms with Crippen LogP contribution in [0.3, 0.4) is 0 Å². The molecule has 2 saturated heterocycles. The Morgan fingerprint density at radius 3 is 2.96 bits per heavy atom. The molecule has 1 aromatic heterocycles. The predicted octanol–water partition coefficient (Wildman–Crippen LogP) is 1.74. The summed E-state index contributed by atoms with van der Waals surface area (Å²) in [6.45, 7) is 3.64. The lowest BCUT2D eigenvalue weighted by Crippen LogP contribution is -2.48. The van der Waals surface area contributed by atoms with Gasteiger partial charge in [0, 0.05) is 44.1 Å². The fourth-order valence-corrected chi connectivity index (χ4v) is 4.23. The molecule has 7 heteroatoms.